The molecule has 2 nitrogen and oxygen atoms in total. The Bertz CT molecular complexity index is 289. The molecule has 0 aromatic heterocycles. The number of hydrogen-bond acceptors (Lipinski definition) is 2. The number of rotatable bonds is 2. The van der Waals surface area contributed by atoms with Gasteiger partial charge in [-0.3, -0.25) is 4.79 Å². The van der Waals surface area contributed by atoms with Crippen LogP contribution in [0.1, 0.15) is 14.5 Å². The van der Waals surface area contributed by atoms with Crippen LogP contribution in [0, 0.1) is 0 Å². The van der Waals surface area contributed by atoms with E-state index in [1.807, 2.05) is 0 Å². The van der Waals surface area contributed by atoms with Crippen molar-refractivity contribution in [2.75, 3.05) is 7.04 Å². The fraction of sp³-hybridized carbons (Fsp3) is 0.125. The SMILES string of the molecule is [2H][13C]([2H])([2H])Oc1ccc(C=O)cc1. The molecule has 0 amide bonds. The third-order valence-corrected chi connectivity index (χ3v) is 1.13. The van der Waals surface area contributed by atoms with Gasteiger partial charge in [-0.1, -0.05) is 0 Å². The highest BCUT2D eigenvalue weighted by atomic mass is 16.5. The summed E-state index contributed by atoms with van der Waals surface area (Å²) < 4.78 is 25.0. The van der Waals surface area contributed by atoms with E-state index in [-0.39, 0.29) is 5.75 Å². The van der Waals surface area contributed by atoms with E-state index in [4.69, 9.17) is 4.11 Å². The van der Waals surface area contributed by atoms with Crippen LogP contribution >= 0.6 is 0 Å². The Hall–Kier alpha value is -1.31. The number of benzene rings is 1. The van der Waals surface area contributed by atoms with Crippen LogP contribution in [0.15, 0.2) is 24.3 Å². The summed E-state index contributed by atoms with van der Waals surface area (Å²) in [6.07, 6.45) is 0.680. The summed E-state index contributed by atoms with van der Waals surface area (Å²) in [5.41, 5.74) is 0.484. The van der Waals surface area contributed by atoms with Crippen LogP contribution in [0.5, 0.6) is 5.75 Å². The number of hydrogen-bond donors (Lipinski definition) is 0. The average molecular weight is 140 g/mol. The van der Waals surface area contributed by atoms with Gasteiger partial charge in [0.2, 0.25) is 0 Å². The number of methoxy groups -OCH3 is 1. The Morgan fingerprint density at radius 3 is 2.70 bits per heavy atom. The summed E-state index contributed by atoms with van der Waals surface area (Å²) in [6, 6.07) is 5.87. The van der Waals surface area contributed by atoms with Crippen molar-refractivity contribution in [3.63, 3.8) is 0 Å². The maximum absolute atomic E-state index is 10.3. The van der Waals surface area contributed by atoms with Crippen molar-refractivity contribution in [2.24, 2.45) is 0 Å². The molecule has 0 N–H and O–H groups in total. The molecular weight excluding hydrogens is 129 g/mol. The first-order chi connectivity index (χ1) is 6.01. The molecule has 0 bridgehead atoms. The molecule has 0 unspecified atom stereocenters. The standard InChI is InChI=1S/C8H8O2/c1-10-8-4-2-7(6-9)3-5-8/h2-6H,1H3/i1+1D3. The smallest absolute Gasteiger partial charge is 0.150 e. The molecule has 0 fully saturated rings. The van der Waals surface area contributed by atoms with E-state index in [0.29, 0.717) is 11.8 Å². The van der Waals surface area contributed by atoms with E-state index < -0.39 is 7.04 Å². The Labute approximate surface area is 63.7 Å². The molecule has 10 heavy (non-hydrogen) atoms. The van der Waals surface area contributed by atoms with Gasteiger partial charge in [0.1, 0.15) is 12.0 Å². The zero-order chi connectivity index (χ0) is 9.90. The molecule has 0 heterocycles. The second kappa shape index (κ2) is 3.01. The third-order valence-electron chi connectivity index (χ3n) is 1.13. The molecule has 0 aliphatic carbocycles. The van der Waals surface area contributed by atoms with Crippen LogP contribution in [-0.4, -0.2) is 13.3 Å². The minimum atomic E-state index is -2.44. The highest BCUT2D eigenvalue weighted by Gasteiger charge is 1.89. The number of ether oxygens (including phenoxy) is 1. The topological polar surface area (TPSA) is 26.3 Å². The predicted octanol–water partition coefficient (Wildman–Crippen LogP) is 1.51. The quantitative estimate of drug-likeness (QED) is 0.459. The van der Waals surface area contributed by atoms with Crippen molar-refractivity contribution >= 4 is 6.29 Å². The maximum atomic E-state index is 10.3. The highest BCUT2D eigenvalue weighted by Crippen LogP contribution is 2.09. The van der Waals surface area contributed by atoms with Crippen LogP contribution in [0.4, 0.5) is 0 Å². The monoisotopic (exact) mass is 140 g/mol. The number of aldehydes is 1. The first-order valence-electron chi connectivity index (χ1n) is 4.25. The van der Waals surface area contributed by atoms with Crippen LogP contribution in [0.2, 0.25) is 0 Å². The Morgan fingerprint density at radius 1 is 1.50 bits per heavy atom. The van der Waals surface area contributed by atoms with Crippen molar-refractivity contribution in [1.29, 1.82) is 0 Å². The molecule has 52 valence electrons. The Balaban J connectivity index is 2.75. The van der Waals surface area contributed by atoms with Gasteiger partial charge in [0.15, 0.2) is 0 Å². The molecule has 1 aromatic carbocycles. The molecule has 0 atom stereocenters. The molecular formula is C8H8O2. The summed E-state index contributed by atoms with van der Waals surface area (Å²) in [5.74, 6) is 0.227. The Kier molecular flexibility index (Phi) is 1.13. The minimum Gasteiger partial charge on any atom is -0.497 e. The van der Waals surface area contributed by atoms with Crippen LogP contribution < -0.4 is 4.74 Å². The van der Waals surface area contributed by atoms with E-state index in [0.717, 1.165) is 0 Å². The second-order valence-corrected chi connectivity index (χ2v) is 1.79. The average Bonchev–Trinajstić information content (AvgIpc) is 2.03. The molecule has 0 aliphatic rings. The molecule has 0 aliphatic heterocycles. The minimum absolute atomic E-state index is 0.227. The van der Waals surface area contributed by atoms with Crippen molar-refractivity contribution in [3.8, 4) is 5.75 Å². The van der Waals surface area contributed by atoms with Crippen molar-refractivity contribution in [2.45, 2.75) is 0 Å². The van der Waals surface area contributed by atoms with Gasteiger partial charge in [-0.2, -0.15) is 0 Å². The second-order valence-electron chi connectivity index (χ2n) is 1.79. The van der Waals surface area contributed by atoms with E-state index in [9.17, 15) is 4.79 Å². The predicted molar refractivity (Wildman–Crippen MR) is 38.4 cm³/mol. The van der Waals surface area contributed by atoms with Gasteiger partial charge < -0.3 is 4.74 Å². The van der Waals surface area contributed by atoms with Gasteiger partial charge in [-0.05, 0) is 24.3 Å². The van der Waals surface area contributed by atoms with Crippen molar-refractivity contribution in [1.82, 2.24) is 0 Å². The lowest BCUT2D eigenvalue weighted by Gasteiger charge is -1.96. The summed E-state index contributed by atoms with van der Waals surface area (Å²) in [5, 5.41) is 0. The summed E-state index contributed by atoms with van der Waals surface area (Å²) in [4.78, 5) is 10.3. The molecule has 0 radical (unpaired) electrons. The summed E-state index contributed by atoms with van der Waals surface area (Å²) in [7, 11) is -2.44. The lowest BCUT2D eigenvalue weighted by Crippen LogP contribution is -1.82. The van der Waals surface area contributed by atoms with Crippen LogP contribution in [-0.2, 0) is 0 Å². The molecule has 0 spiro atoms. The molecule has 0 saturated carbocycles. The fourth-order valence-corrected chi connectivity index (χ4v) is 0.614. The Morgan fingerprint density at radius 2 is 2.20 bits per heavy atom. The molecule has 0 saturated heterocycles. The number of carbonyl (C=O) groups is 1. The van der Waals surface area contributed by atoms with Gasteiger partial charge >= 0.3 is 0 Å². The molecule has 2 heteroatoms. The lowest BCUT2D eigenvalue weighted by molar-refractivity contribution is 0.112. The molecule has 1 aromatic rings. The highest BCUT2D eigenvalue weighted by molar-refractivity contribution is 5.74. The van der Waals surface area contributed by atoms with Crippen molar-refractivity contribution in [3.05, 3.63) is 29.8 Å². The van der Waals surface area contributed by atoms with Gasteiger partial charge in [0, 0.05) is 5.56 Å². The van der Waals surface area contributed by atoms with E-state index in [1.165, 1.54) is 24.3 Å². The van der Waals surface area contributed by atoms with E-state index >= 15 is 0 Å². The maximum Gasteiger partial charge on any atom is 0.150 e. The summed E-state index contributed by atoms with van der Waals surface area (Å²) >= 11 is 0. The van der Waals surface area contributed by atoms with Crippen LogP contribution in [0.25, 0.3) is 0 Å². The van der Waals surface area contributed by atoms with Crippen LogP contribution in [0.3, 0.4) is 0 Å². The van der Waals surface area contributed by atoms with E-state index in [1.54, 1.807) is 0 Å². The fourth-order valence-electron chi connectivity index (χ4n) is 0.614. The normalized spacial score (nSPS) is 14.6. The zero-order valence-electron chi connectivity index (χ0n) is 8.20. The van der Waals surface area contributed by atoms with Gasteiger partial charge in [-0.15, -0.1) is 0 Å². The summed E-state index contributed by atoms with van der Waals surface area (Å²) in [6.45, 7) is 0. The van der Waals surface area contributed by atoms with Gasteiger partial charge in [0.25, 0.3) is 0 Å². The van der Waals surface area contributed by atoms with Gasteiger partial charge in [0.05, 0.1) is 11.2 Å². The zero-order valence-corrected chi connectivity index (χ0v) is 5.20. The largest absolute Gasteiger partial charge is 0.497 e. The van der Waals surface area contributed by atoms with Crippen molar-refractivity contribution < 1.29 is 13.6 Å². The van der Waals surface area contributed by atoms with Gasteiger partial charge in [-0.25, -0.2) is 0 Å². The molecule has 1 rings (SSSR count). The first kappa shape index (κ1) is 3.76. The first-order valence-corrected chi connectivity index (χ1v) is 2.75. The third kappa shape index (κ3) is 1.35. The number of carbonyl (C=O) groups excluding carboxylic acids is 1. The lowest BCUT2D eigenvalue weighted by atomic mass is 10.2. The van der Waals surface area contributed by atoms with E-state index in [2.05, 4.69) is 4.74 Å².